The zero-order valence-electron chi connectivity index (χ0n) is 12.6. The highest BCUT2D eigenvalue weighted by atomic mass is 16.5. The average Bonchev–Trinajstić information content (AvgIpc) is 3.22. The van der Waals surface area contributed by atoms with E-state index in [1.807, 2.05) is 4.90 Å². The molecule has 0 radical (unpaired) electrons. The number of rotatable bonds is 2. The molecule has 0 unspecified atom stereocenters. The molecule has 2 fully saturated rings. The van der Waals surface area contributed by atoms with E-state index in [-0.39, 0.29) is 5.91 Å². The Balaban J connectivity index is 1.44. The molecule has 0 spiro atoms. The van der Waals surface area contributed by atoms with Crippen molar-refractivity contribution in [1.82, 2.24) is 10.1 Å². The highest BCUT2D eigenvalue weighted by molar-refractivity contribution is 5.92. The Morgan fingerprint density at radius 2 is 1.82 bits per heavy atom. The predicted octanol–water partition coefficient (Wildman–Crippen LogP) is 1.55. The molecule has 0 saturated carbocycles. The second kappa shape index (κ2) is 5.76. The maximum Gasteiger partial charge on any atom is 0.292 e. The average molecular weight is 303 g/mol. The predicted molar refractivity (Wildman–Crippen MR) is 80.8 cm³/mol. The molecule has 2 atom stereocenters. The summed E-state index contributed by atoms with van der Waals surface area (Å²) < 4.78 is 10.6. The van der Waals surface area contributed by atoms with E-state index in [0.29, 0.717) is 30.8 Å². The molecule has 1 amide bonds. The third-order valence-corrected chi connectivity index (χ3v) is 4.95. The van der Waals surface area contributed by atoms with Crippen molar-refractivity contribution in [2.45, 2.75) is 12.8 Å². The molecule has 1 aromatic rings. The monoisotopic (exact) mass is 303 g/mol. The van der Waals surface area contributed by atoms with E-state index < -0.39 is 0 Å². The first-order chi connectivity index (χ1) is 10.8. The van der Waals surface area contributed by atoms with Crippen molar-refractivity contribution >= 4 is 11.7 Å². The van der Waals surface area contributed by atoms with E-state index in [1.165, 1.54) is 0 Å². The van der Waals surface area contributed by atoms with E-state index in [4.69, 9.17) is 9.26 Å². The van der Waals surface area contributed by atoms with Crippen LogP contribution >= 0.6 is 0 Å². The lowest BCUT2D eigenvalue weighted by molar-refractivity contribution is 0.0742. The lowest BCUT2D eigenvalue weighted by Crippen LogP contribution is -2.36. The molecule has 2 saturated heterocycles. The van der Waals surface area contributed by atoms with Crippen molar-refractivity contribution in [2.24, 2.45) is 11.8 Å². The van der Waals surface area contributed by atoms with Gasteiger partial charge in [-0.15, -0.1) is 0 Å². The van der Waals surface area contributed by atoms with Gasteiger partial charge >= 0.3 is 0 Å². The van der Waals surface area contributed by atoms with Gasteiger partial charge in [0.05, 0.1) is 13.2 Å². The lowest BCUT2D eigenvalue weighted by Gasteiger charge is -2.25. The Bertz CT molecular complexity index is 561. The van der Waals surface area contributed by atoms with Crippen molar-refractivity contribution in [1.29, 1.82) is 0 Å². The molecule has 2 aliphatic heterocycles. The fraction of sp³-hybridized carbons (Fsp3) is 0.625. The van der Waals surface area contributed by atoms with Crippen molar-refractivity contribution in [2.75, 3.05) is 44.3 Å². The van der Waals surface area contributed by atoms with Crippen molar-refractivity contribution in [3.63, 3.8) is 0 Å². The largest absolute Gasteiger partial charge is 0.378 e. The fourth-order valence-electron chi connectivity index (χ4n) is 3.64. The second-order valence-electron chi connectivity index (χ2n) is 6.32. The number of amides is 1. The number of likely N-dealkylation sites (tertiary alicyclic amines) is 1. The maximum absolute atomic E-state index is 12.6. The Labute approximate surface area is 129 Å². The van der Waals surface area contributed by atoms with Crippen LogP contribution < -0.4 is 4.90 Å². The third-order valence-electron chi connectivity index (χ3n) is 4.95. The number of hydrogen-bond donors (Lipinski definition) is 0. The van der Waals surface area contributed by atoms with Crippen LogP contribution in [0.4, 0.5) is 5.82 Å². The van der Waals surface area contributed by atoms with Crippen LogP contribution in [0.15, 0.2) is 22.7 Å². The Morgan fingerprint density at radius 3 is 2.50 bits per heavy atom. The van der Waals surface area contributed by atoms with Gasteiger partial charge in [-0.3, -0.25) is 4.79 Å². The summed E-state index contributed by atoms with van der Waals surface area (Å²) in [5, 5.41) is 4.06. The standard InChI is InChI=1S/C16H21N3O3/c20-16(19-10-12-3-1-2-4-13(12)11-19)14-9-15(17-22-14)18-5-7-21-8-6-18/h1-2,9,12-13H,3-8,10-11H2/t12-,13+. The van der Waals surface area contributed by atoms with Crippen molar-refractivity contribution < 1.29 is 14.1 Å². The van der Waals surface area contributed by atoms with Gasteiger partial charge in [-0.05, 0) is 24.7 Å². The van der Waals surface area contributed by atoms with Gasteiger partial charge in [0.2, 0.25) is 5.76 Å². The van der Waals surface area contributed by atoms with Gasteiger partial charge in [0.1, 0.15) is 0 Å². The minimum atomic E-state index is -0.0265. The van der Waals surface area contributed by atoms with E-state index in [2.05, 4.69) is 22.2 Å². The molecule has 0 N–H and O–H groups in total. The van der Waals surface area contributed by atoms with Crippen LogP contribution in [-0.2, 0) is 4.74 Å². The first-order valence-corrected chi connectivity index (χ1v) is 8.05. The number of carbonyl (C=O) groups is 1. The molecular formula is C16H21N3O3. The highest BCUT2D eigenvalue weighted by Gasteiger charge is 2.36. The molecule has 1 aromatic heterocycles. The Kier molecular flexibility index (Phi) is 3.62. The zero-order chi connectivity index (χ0) is 14.9. The molecule has 4 rings (SSSR count). The number of allylic oxidation sites excluding steroid dienone is 2. The molecule has 6 nitrogen and oxygen atoms in total. The molecule has 3 heterocycles. The van der Waals surface area contributed by atoms with Crippen LogP contribution in [0.3, 0.4) is 0 Å². The molecule has 0 bridgehead atoms. The van der Waals surface area contributed by atoms with Crippen LogP contribution in [0.25, 0.3) is 0 Å². The van der Waals surface area contributed by atoms with Crippen molar-refractivity contribution in [3.05, 3.63) is 24.0 Å². The number of ether oxygens (including phenoxy) is 1. The summed E-state index contributed by atoms with van der Waals surface area (Å²) in [6, 6.07) is 1.77. The number of nitrogens with zero attached hydrogens (tertiary/aromatic N) is 3. The summed E-state index contributed by atoms with van der Waals surface area (Å²) in [5.74, 6) is 2.28. The minimum absolute atomic E-state index is 0.0265. The fourth-order valence-corrected chi connectivity index (χ4v) is 3.64. The van der Waals surface area contributed by atoms with Crippen LogP contribution in [0, 0.1) is 11.8 Å². The molecule has 3 aliphatic rings. The van der Waals surface area contributed by atoms with E-state index in [0.717, 1.165) is 44.8 Å². The molecule has 0 aromatic carbocycles. The van der Waals surface area contributed by atoms with Crippen LogP contribution in [0.2, 0.25) is 0 Å². The molecule has 118 valence electrons. The number of hydrogen-bond acceptors (Lipinski definition) is 5. The molecular weight excluding hydrogens is 282 g/mol. The molecule has 6 heteroatoms. The third kappa shape index (κ3) is 2.52. The quantitative estimate of drug-likeness (QED) is 0.776. The normalized spacial score (nSPS) is 28.0. The van der Waals surface area contributed by atoms with Crippen LogP contribution in [0.5, 0.6) is 0 Å². The Hall–Kier alpha value is -1.82. The second-order valence-corrected chi connectivity index (χ2v) is 6.32. The number of morpholine rings is 1. The van der Waals surface area contributed by atoms with Gasteiger partial charge in [-0.1, -0.05) is 17.3 Å². The maximum atomic E-state index is 12.6. The summed E-state index contributed by atoms with van der Waals surface area (Å²) in [5.41, 5.74) is 0. The number of fused-ring (bicyclic) bond motifs is 1. The lowest BCUT2D eigenvalue weighted by atomic mass is 9.86. The van der Waals surface area contributed by atoms with Crippen LogP contribution in [0.1, 0.15) is 23.4 Å². The summed E-state index contributed by atoms with van der Waals surface area (Å²) in [6.07, 6.45) is 6.65. The smallest absolute Gasteiger partial charge is 0.292 e. The summed E-state index contributed by atoms with van der Waals surface area (Å²) in [4.78, 5) is 16.6. The van der Waals surface area contributed by atoms with Crippen LogP contribution in [-0.4, -0.2) is 55.4 Å². The van der Waals surface area contributed by atoms with Gasteiger partial charge in [0.25, 0.3) is 5.91 Å². The van der Waals surface area contributed by atoms with E-state index in [1.54, 1.807) is 6.07 Å². The number of aromatic nitrogens is 1. The first-order valence-electron chi connectivity index (χ1n) is 8.05. The van der Waals surface area contributed by atoms with Gasteiger partial charge in [0, 0.05) is 32.2 Å². The van der Waals surface area contributed by atoms with Gasteiger partial charge in [0.15, 0.2) is 5.82 Å². The summed E-state index contributed by atoms with van der Waals surface area (Å²) in [6.45, 7) is 4.64. The SMILES string of the molecule is O=C(c1cc(N2CCOCC2)no1)N1C[C@H]2CC=CC[C@H]2C1. The van der Waals surface area contributed by atoms with E-state index in [9.17, 15) is 4.79 Å². The topological polar surface area (TPSA) is 58.8 Å². The van der Waals surface area contributed by atoms with Gasteiger partial charge in [-0.25, -0.2) is 0 Å². The van der Waals surface area contributed by atoms with Gasteiger partial charge in [-0.2, -0.15) is 0 Å². The number of anilines is 1. The summed E-state index contributed by atoms with van der Waals surface area (Å²) in [7, 11) is 0. The summed E-state index contributed by atoms with van der Waals surface area (Å²) >= 11 is 0. The number of carbonyl (C=O) groups excluding carboxylic acids is 1. The first kappa shape index (κ1) is 13.8. The molecule has 22 heavy (non-hydrogen) atoms. The highest BCUT2D eigenvalue weighted by Crippen LogP contribution is 2.33. The van der Waals surface area contributed by atoms with E-state index >= 15 is 0 Å². The Morgan fingerprint density at radius 1 is 1.14 bits per heavy atom. The molecule has 1 aliphatic carbocycles. The minimum Gasteiger partial charge on any atom is -0.378 e. The zero-order valence-corrected chi connectivity index (χ0v) is 12.6. The van der Waals surface area contributed by atoms with Gasteiger partial charge < -0.3 is 19.1 Å². The van der Waals surface area contributed by atoms with Crippen molar-refractivity contribution in [3.8, 4) is 0 Å².